The fourth-order valence-electron chi connectivity index (χ4n) is 4.05. The Labute approximate surface area is 162 Å². The molecule has 2 fully saturated rings. The van der Waals surface area contributed by atoms with Crippen LogP contribution in [0.15, 0.2) is 54.6 Å². The van der Waals surface area contributed by atoms with Gasteiger partial charge >= 0.3 is 0 Å². The van der Waals surface area contributed by atoms with Crippen LogP contribution in [0.1, 0.15) is 36.3 Å². The van der Waals surface area contributed by atoms with Crippen molar-refractivity contribution in [3.05, 3.63) is 71.5 Å². The smallest absolute Gasteiger partial charge is 0.123 e. The summed E-state index contributed by atoms with van der Waals surface area (Å²) in [4.78, 5) is 2.45. The van der Waals surface area contributed by atoms with Crippen molar-refractivity contribution < 1.29 is 4.39 Å². The maximum Gasteiger partial charge on any atom is 0.123 e. The van der Waals surface area contributed by atoms with Gasteiger partial charge in [0, 0.05) is 18.5 Å². The van der Waals surface area contributed by atoms with E-state index in [0.29, 0.717) is 12.0 Å². The van der Waals surface area contributed by atoms with Gasteiger partial charge in [-0.1, -0.05) is 42.5 Å². The van der Waals surface area contributed by atoms with E-state index in [9.17, 15) is 4.39 Å². The van der Waals surface area contributed by atoms with Crippen molar-refractivity contribution >= 4 is 12.4 Å². The summed E-state index contributed by atoms with van der Waals surface area (Å²) in [5.74, 6) is 1.36. The van der Waals surface area contributed by atoms with E-state index in [1.807, 2.05) is 6.07 Å². The fourth-order valence-corrected chi connectivity index (χ4v) is 4.05. The van der Waals surface area contributed by atoms with Gasteiger partial charge in [0.15, 0.2) is 0 Å². The second-order valence-corrected chi connectivity index (χ2v) is 7.62. The summed E-state index contributed by atoms with van der Waals surface area (Å²) in [6.45, 7) is 4.25. The topological polar surface area (TPSA) is 15.3 Å². The van der Waals surface area contributed by atoms with Gasteiger partial charge in [-0.3, -0.25) is 4.90 Å². The van der Waals surface area contributed by atoms with E-state index in [1.54, 1.807) is 12.1 Å². The van der Waals surface area contributed by atoms with E-state index in [4.69, 9.17) is 0 Å². The van der Waals surface area contributed by atoms with Gasteiger partial charge in [0.05, 0.1) is 0 Å². The normalized spacial score (nSPS) is 23.4. The number of likely N-dealkylation sites (tertiary alicyclic amines) is 1. The number of hydrogen-bond donors (Lipinski definition) is 1. The Balaban J connectivity index is 0.00000196. The first-order chi connectivity index (χ1) is 12.3. The number of hydrogen-bond acceptors (Lipinski definition) is 2. The summed E-state index contributed by atoms with van der Waals surface area (Å²) in [7, 11) is 0. The molecule has 2 aromatic rings. The minimum atomic E-state index is -0.131. The summed E-state index contributed by atoms with van der Waals surface area (Å²) in [5.41, 5.74) is 2.56. The van der Waals surface area contributed by atoms with Crippen LogP contribution in [0, 0.1) is 11.7 Å². The minimum Gasteiger partial charge on any atom is -0.313 e. The minimum absolute atomic E-state index is 0. The molecule has 2 aromatic carbocycles. The summed E-state index contributed by atoms with van der Waals surface area (Å²) < 4.78 is 13.3. The molecule has 4 heteroatoms. The molecule has 0 aromatic heterocycles. The van der Waals surface area contributed by atoms with Gasteiger partial charge in [0.1, 0.15) is 5.82 Å². The number of piperidine rings is 1. The lowest BCUT2D eigenvalue weighted by molar-refractivity contribution is 0.175. The van der Waals surface area contributed by atoms with Gasteiger partial charge in [-0.2, -0.15) is 0 Å². The van der Waals surface area contributed by atoms with E-state index in [1.165, 1.54) is 30.9 Å². The number of benzene rings is 2. The highest BCUT2D eigenvalue weighted by atomic mass is 35.5. The molecule has 1 saturated heterocycles. The molecule has 26 heavy (non-hydrogen) atoms. The molecule has 1 heterocycles. The van der Waals surface area contributed by atoms with Crippen LogP contribution < -0.4 is 5.32 Å². The van der Waals surface area contributed by atoms with Crippen LogP contribution in [-0.4, -0.2) is 30.6 Å². The predicted octanol–water partition coefficient (Wildman–Crippen LogP) is 4.61. The first kappa shape index (κ1) is 19.3. The first-order valence-electron chi connectivity index (χ1n) is 9.53. The van der Waals surface area contributed by atoms with E-state index in [-0.39, 0.29) is 18.2 Å². The van der Waals surface area contributed by atoms with Crippen LogP contribution in [0.2, 0.25) is 0 Å². The number of rotatable bonds is 6. The van der Waals surface area contributed by atoms with Gasteiger partial charge in [0.25, 0.3) is 0 Å². The Morgan fingerprint density at radius 3 is 2.50 bits per heavy atom. The molecule has 1 N–H and O–H groups in total. The SMILES string of the molecule is Cl.Fc1cccc(CN2CCC(CN[C@@H]3C[C@H]3c3ccccc3)CC2)c1. The lowest BCUT2D eigenvalue weighted by atomic mass is 9.96. The molecule has 0 radical (unpaired) electrons. The Hall–Kier alpha value is -1.42. The summed E-state index contributed by atoms with van der Waals surface area (Å²) >= 11 is 0. The van der Waals surface area contributed by atoms with Crippen molar-refractivity contribution in [3.8, 4) is 0 Å². The zero-order chi connectivity index (χ0) is 17.1. The highest BCUT2D eigenvalue weighted by Gasteiger charge is 2.38. The average Bonchev–Trinajstić information content (AvgIpc) is 3.42. The third-order valence-corrected chi connectivity index (χ3v) is 5.69. The molecule has 2 aliphatic rings. The van der Waals surface area contributed by atoms with Gasteiger partial charge < -0.3 is 5.32 Å². The third-order valence-electron chi connectivity index (χ3n) is 5.69. The van der Waals surface area contributed by atoms with Gasteiger partial charge in [-0.25, -0.2) is 4.39 Å². The fraction of sp³-hybridized carbons (Fsp3) is 0.455. The van der Waals surface area contributed by atoms with Crippen molar-refractivity contribution in [2.75, 3.05) is 19.6 Å². The largest absolute Gasteiger partial charge is 0.313 e. The molecule has 1 saturated carbocycles. The Morgan fingerprint density at radius 1 is 1.00 bits per heavy atom. The van der Waals surface area contributed by atoms with Crippen molar-refractivity contribution in [2.45, 2.75) is 37.8 Å². The zero-order valence-electron chi connectivity index (χ0n) is 15.1. The zero-order valence-corrected chi connectivity index (χ0v) is 15.9. The Morgan fingerprint density at radius 2 is 1.77 bits per heavy atom. The lowest BCUT2D eigenvalue weighted by Crippen LogP contribution is -2.37. The van der Waals surface area contributed by atoms with Gasteiger partial charge in [0.2, 0.25) is 0 Å². The first-order valence-corrected chi connectivity index (χ1v) is 9.53. The van der Waals surface area contributed by atoms with Crippen LogP contribution >= 0.6 is 12.4 Å². The number of halogens is 2. The van der Waals surface area contributed by atoms with Gasteiger partial charge in [-0.15, -0.1) is 12.4 Å². The summed E-state index contributed by atoms with van der Waals surface area (Å²) in [6.07, 6.45) is 3.76. The third kappa shape index (κ3) is 5.06. The van der Waals surface area contributed by atoms with Crippen LogP contribution in [0.4, 0.5) is 4.39 Å². The van der Waals surface area contributed by atoms with Crippen molar-refractivity contribution in [2.24, 2.45) is 5.92 Å². The highest BCUT2D eigenvalue weighted by Crippen LogP contribution is 2.40. The molecule has 2 atom stereocenters. The summed E-state index contributed by atoms with van der Waals surface area (Å²) in [5, 5.41) is 3.78. The molecule has 2 nitrogen and oxygen atoms in total. The molecule has 4 rings (SSSR count). The maximum atomic E-state index is 13.3. The van der Waals surface area contributed by atoms with E-state index in [0.717, 1.165) is 37.7 Å². The van der Waals surface area contributed by atoms with E-state index < -0.39 is 0 Å². The van der Waals surface area contributed by atoms with Crippen LogP contribution in [0.3, 0.4) is 0 Å². The Kier molecular flexibility index (Phi) is 6.68. The van der Waals surface area contributed by atoms with Gasteiger partial charge in [-0.05, 0) is 68.1 Å². The highest BCUT2D eigenvalue weighted by molar-refractivity contribution is 5.85. The maximum absolute atomic E-state index is 13.3. The van der Waals surface area contributed by atoms with E-state index >= 15 is 0 Å². The second-order valence-electron chi connectivity index (χ2n) is 7.62. The van der Waals surface area contributed by atoms with Crippen molar-refractivity contribution in [1.29, 1.82) is 0 Å². The van der Waals surface area contributed by atoms with Crippen molar-refractivity contribution in [1.82, 2.24) is 10.2 Å². The second kappa shape index (κ2) is 8.98. The van der Waals surface area contributed by atoms with Crippen LogP contribution in [-0.2, 0) is 6.54 Å². The predicted molar refractivity (Wildman–Crippen MR) is 107 cm³/mol. The molecule has 0 bridgehead atoms. The van der Waals surface area contributed by atoms with Crippen LogP contribution in [0.5, 0.6) is 0 Å². The molecule has 1 aliphatic carbocycles. The molecular weight excluding hydrogens is 347 g/mol. The van der Waals surface area contributed by atoms with E-state index in [2.05, 4.69) is 40.5 Å². The lowest BCUT2D eigenvalue weighted by Gasteiger charge is -2.32. The molecule has 140 valence electrons. The quantitative estimate of drug-likeness (QED) is 0.794. The average molecular weight is 375 g/mol. The number of nitrogens with zero attached hydrogens (tertiary/aromatic N) is 1. The standard InChI is InChI=1S/C22H27FN2.ClH/c23-20-8-4-5-18(13-20)16-25-11-9-17(10-12-25)15-24-22-14-21(22)19-6-2-1-3-7-19;/h1-8,13,17,21-22,24H,9-12,14-16H2;1H/t21-,22+;/m0./s1. The summed E-state index contributed by atoms with van der Waals surface area (Å²) in [6, 6.07) is 18.5. The molecule has 0 spiro atoms. The number of nitrogens with one attached hydrogen (secondary N) is 1. The molecule has 0 unspecified atom stereocenters. The molecule has 0 amide bonds. The van der Waals surface area contributed by atoms with Crippen molar-refractivity contribution in [3.63, 3.8) is 0 Å². The molecular formula is C22H28ClFN2. The molecule has 1 aliphatic heterocycles. The van der Waals surface area contributed by atoms with Crippen LogP contribution in [0.25, 0.3) is 0 Å². The Bertz CT molecular complexity index is 686. The monoisotopic (exact) mass is 374 g/mol.